The number of nitrogens with one attached hydrogen (secondary N) is 1. The maximum absolute atomic E-state index is 14.2. The van der Waals surface area contributed by atoms with Crippen LogP contribution >= 0.6 is 11.6 Å². The van der Waals surface area contributed by atoms with Gasteiger partial charge in [0.05, 0.1) is 16.4 Å². The lowest BCUT2D eigenvalue weighted by Gasteiger charge is -2.11. The second-order valence-electron chi connectivity index (χ2n) is 5.90. The number of benzene rings is 2. The Morgan fingerprint density at radius 2 is 1.85 bits per heavy atom. The Bertz CT molecular complexity index is 1010. The Hall–Kier alpha value is -2.79. The van der Waals surface area contributed by atoms with E-state index in [0.717, 1.165) is 11.1 Å². The molecule has 3 rings (SSSR count). The van der Waals surface area contributed by atoms with Crippen LogP contribution < -0.4 is 5.32 Å². The van der Waals surface area contributed by atoms with Crippen molar-refractivity contribution >= 4 is 23.2 Å². The SMILES string of the molecule is Cc1ccc(F)c(-c2nc(C(=O)Nc3cccc(Cl)c3F)ccc2C)c1. The van der Waals surface area contributed by atoms with Crippen molar-refractivity contribution in [2.24, 2.45) is 0 Å². The van der Waals surface area contributed by atoms with Crippen LogP contribution in [0.5, 0.6) is 0 Å². The van der Waals surface area contributed by atoms with Crippen molar-refractivity contribution < 1.29 is 13.6 Å². The van der Waals surface area contributed by atoms with E-state index in [2.05, 4.69) is 10.3 Å². The molecule has 1 heterocycles. The Morgan fingerprint density at radius 3 is 2.62 bits per heavy atom. The van der Waals surface area contributed by atoms with Crippen LogP contribution in [0.15, 0.2) is 48.5 Å². The first-order chi connectivity index (χ1) is 12.4. The summed E-state index contributed by atoms with van der Waals surface area (Å²) in [6, 6.07) is 12.2. The molecule has 26 heavy (non-hydrogen) atoms. The zero-order valence-electron chi connectivity index (χ0n) is 14.1. The summed E-state index contributed by atoms with van der Waals surface area (Å²) >= 11 is 5.72. The van der Waals surface area contributed by atoms with Crippen LogP contribution in [0.3, 0.4) is 0 Å². The number of nitrogens with zero attached hydrogens (tertiary/aromatic N) is 1. The maximum atomic E-state index is 14.2. The molecule has 0 saturated carbocycles. The molecule has 0 radical (unpaired) electrons. The van der Waals surface area contributed by atoms with Gasteiger partial charge in [-0.2, -0.15) is 0 Å². The molecular weight excluding hydrogens is 358 g/mol. The molecule has 0 fully saturated rings. The minimum Gasteiger partial charge on any atom is -0.318 e. The number of hydrogen-bond donors (Lipinski definition) is 1. The summed E-state index contributed by atoms with van der Waals surface area (Å²) in [6.07, 6.45) is 0. The van der Waals surface area contributed by atoms with E-state index in [1.165, 1.54) is 30.3 Å². The third-order valence-corrected chi connectivity index (χ3v) is 4.20. The van der Waals surface area contributed by atoms with E-state index in [0.29, 0.717) is 11.3 Å². The highest BCUT2D eigenvalue weighted by atomic mass is 35.5. The standard InChI is InChI=1S/C20H15ClF2N2O/c1-11-6-8-15(22)13(10-11)19-12(2)7-9-17(24-19)20(26)25-16-5-3-4-14(21)18(16)23/h3-10H,1-2H3,(H,25,26). The van der Waals surface area contributed by atoms with Gasteiger partial charge in [-0.1, -0.05) is 35.4 Å². The monoisotopic (exact) mass is 372 g/mol. The molecule has 6 heteroatoms. The van der Waals surface area contributed by atoms with Gasteiger partial charge in [-0.05, 0) is 49.7 Å². The van der Waals surface area contributed by atoms with Gasteiger partial charge in [0.2, 0.25) is 0 Å². The van der Waals surface area contributed by atoms with Crippen LogP contribution in [-0.2, 0) is 0 Å². The van der Waals surface area contributed by atoms with Crippen LogP contribution in [-0.4, -0.2) is 10.9 Å². The fourth-order valence-corrected chi connectivity index (χ4v) is 2.71. The van der Waals surface area contributed by atoms with Crippen molar-refractivity contribution in [3.63, 3.8) is 0 Å². The first kappa shape index (κ1) is 18.0. The van der Waals surface area contributed by atoms with Crippen LogP contribution in [0.4, 0.5) is 14.5 Å². The zero-order valence-corrected chi connectivity index (χ0v) is 14.9. The third-order valence-electron chi connectivity index (χ3n) is 3.91. The van der Waals surface area contributed by atoms with Gasteiger partial charge >= 0.3 is 0 Å². The largest absolute Gasteiger partial charge is 0.318 e. The first-order valence-corrected chi connectivity index (χ1v) is 8.24. The lowest BCUT2D eigenvalue weighted by Crippen LogP contribution is -2.15. The van der Waals surface area contributed by atoms with E-state index in [1.807, 2.05) is 6.92 Å². The molecule has 0 aliphatic rings. The Morgan fingerprint density at radius 1 is 1.08 bits per heavy atom. The molecule has 0 atom stereocenters. The van der Waals surface area contributed by atoms with E-state index < -0.39 is 17.5 Å². The van der Waals surface area contributed by atoms with Crippen molar-refractivity contribution in [1.29, 1.82) is 0 Å². The van der Waals surface area contributed by atoms with Gasteiger partial charge in [0.15, 0.2) is 5.82 Å². The molecule has 0 saturated heterocycles. The summed E-state index contributed by atoms with van der Waals surface area (Å²) in [4.78, 5) is 16.7. The first-order valence-electron chi connectivity index (χ1n) is 7.86. The normalized spacial score (nSPS) is 10.7. The summed E-state index contributed by atoms with van der Waals surface area (Å²) in [5.41, 5.74) is 2.27. The highest BCUT2D eigenvalue weighted by Crippen LogP contribution is 2.26. The zero-order chi connectivity index (χ0) is 18.8. The van der Waals surface area contributed by atoms with Crippen molar-refractivity contribution in [2.45, 2.75) is 13.8 Å². The number of rotatable bonds is 3. The van der Waals surface area contributed by atoms with Crippen molar-refractivity contribution in [2.75, 3.05) is 5.32 Å². The molecule has 0 aliphatic carbocycles. The highest BCUT2D eigenvalue weighted by Gasteiger charge is 2.16. The topological polar surface area (TPSA) is 42.0 Å². The van der Waals surface area contributed by atoms with Crippen LogP contribution in [0, 0.1) is 25.5 Å². The fourth-order valence-electron chi connectivity index (χ4n) is 2.54. The molecule has 3 aromatic rings. The number of carbonyl (C=O) groups is 1. The quantitative estimate of drug-likeness (QED) is 0.655. The van der Waals surface area contributed by atoms with Crippen molar-refractivity contribution in [3.05, 3.63) is 82.0 Å². The Kier molecular flexibility index (Phi) is 5.00. The molecule has 0 bridgehead atoms. The van der Waals surface area contributed by atoms with Crippen molar-refractivity contribution in [3.8, 4) is 11.3 Å². The van der Waals surface area contributed by atoms with Gasteiger partial charge < -0.3 is 5.32 Å². The number of halogens is 3. The third kappa shape index (κ3) is 3.58. The average Bonchev–Trinajstić information content (AvgIpc) is 2.61. The number of anilines is 1. The highest BCUT2D eigenvalue weighted by molar-refractivity contribution is 6.31. The van der Waals surface area contributed by atoms with Gasteiger partial charge in [-0.3, -0.25) is 4.79 Å². The number of amides is 1. The average molecular weight is 373 g/mol. The number of aryl methyl sites for hydroxylation is 2. The second-order valence-corrected chi connectivity index (χ2v) is 6.31. The summed E-state index contributed by atoms with van der Waals surface area (Å²) in [5, 5.41) is 2.34. The minimum absolute atomic E-state index is 0.0471. The summed E-state index contributed by atoms with van der Waals surface area (Å²) in [6.45, 7) is 3.62. The van der Waals surface area contributed by atoms with Gasteiger partial charge in [0.1, 0.15) is 11.5 Å². The fraction of sp³-hybridized carbons (Fsp3) is 0.100. The molecule has 132 valence electrons. The summed E-state index contributed by atoms with van der Waals surface area (Å²) < 4.78 is 28.2. The maximum Gasteiger partial charge on any atom is 0.274 e. The molecule has 3 nitrogen and oxygen atoms in total. The molecule has 0 aliphatic heterocycles. The van der Waals surface area contributed by atoms with E-state index in [1.54, 1.807) is 25.1 Å². The van der Waals surface area contributed by atoms with Crippen LogP contribution in [0.1, 0.15) is 21.6 Å². The van der Waals surface area contributed by atoms with E-state index in [4.69, 9.17) is 11.6 Å². The summed E-state index contributed by atoms with van der Waals surface area (Å²) in [5.74, 6) is -1.76. The molecule has 0 unspecified atom stereocenters. The van der Waals surface area contributed by atoms with E-state index in [9.17, 15) is 13.6 Å². The molecular formula is C20H15ClF2N2O. The predicted molar refractivity (Wildman–Crippen MR) is 98.5 cm³/mol. The van der Waals surface area contributed by atoms with Gasteiger partial charge in [0, 0.05) is 5.56 Å². The lowest BCUT2D eigenvalue weighted by atomic mass is 10.0. The Labute approximate surface area is 154 Å². The minimum atomic E-state index is -0.723. The van der Waals surface area contributed by atoms with Gasteiger partial charge in [-0.25, -0.2) is 13.8 Å². The van der Waals surface area contributed by atoms with E-state index in [-0.39, 0.29) is 16.4 Å². The second kappa shape index (κ2) is 7.22. The van der Waals surface area contributed by atoms with Crippen LogP contribution in [0.25, 0.3) is 11.3 Å². The summed E-state index contributed by atoms with van der Waals surface area (Å²) in [7, 11) is 0. The molecule has 2 aromatic carbocycles. The number of hydrogen-bond acceptors (Lipinski definition) is 2. The van der Waals surface area contributed by atoms with Gasteiger partial charge in [0.25, 0.3) is 5.91 Å². The molecule has 0 spiro atoms. The molecule has 1 amide bonds. The van der Waals surface area contributed by atoms with Gasteiger partial charge in [-0.15, -0.1) is 0 Å². The van der Waals surface area contributed by atoms with E-state index >= 15 is 0 Å². The molecule has 1 aromatic heterocycles. The van der Waals surface area contributed by atoms with Crippen LogP contribution in [0.2, 0.25) is 5.02 Å². The lowest BCUT2D eigenvalue weighted by molar-refractivity contribution is 0.102. The number of carbonyl (C=O) groups excluding carboxylic acids is 1. The number of aromatic nitrogens is 1. The smallest absolute Gasteiger partial charge is 0.274 e. The predicted octanol–water partition coefficient (Wildman–Crippen LogP) is 5.55. The number of pyridine rings is 1. The molecule has 1 N–H and O–H groups in total. The Balaban J connectivity index is 1.98. The van der Waals surface area contributed by atoms with Crippen molar-refractivity contribution in [1.82, 2.24) is 4.98 Å².